The number of ether oxygens (including phenoxy) is 2. The van der Waals surface area contributed by atoms with Gasteiger partial charge in [-0.1, -0.05) is 29.8 Å². The number of hydrogen-bond acceptors (Lipinski definition) is 6. The summed E-state index contributed by atoms with van der Waals surface area (Å²) in [5, 5.41) is 3.18. The fraction of sp³-hybridized carbons (Fsp3) is 0.167. The number of aromatic nitrogens is 1. The van der Waals surface area contributed by atoms with Crippen LogP contribution in [0.15, 0.2) is 71.1 Å². The molecule has 152 valence electrons. The minimum Gasteiger partial charge on any atom is -0.465 e. The molecule has 4 aromatic rings. The molecule has 0 fully saturated rings. The number of methoxy groups -OCH3 is 1. The number of benzene rings is 3. The summed E-state index contributed by atoms with van der Waals surface area (Å²) in [7, 11) is 1.35. The maximum atomic E-state index is 11.6. The molecule has 6 nitrogen and oxygen atoms in total. The molecule has 4 rings (SSSR count). The maximum absolute atomic E-state index is 11.6. The fourth-order valence-corrected chi connectivity index (χ4v) is 3.03. The van der Waals surface area contributed by atoms with Gasteiger partial charge in [-0.25, -0.2) is 4.79 Å². The van der Waals surface area contributed by atoms with E-state index in [2.05, 4.69) is 10.3 Å². The van der Waals surface area contributed by atoms with Gasteiger partial charge in [0.1, 0.15) is 17.0 Å². The van der Waals surface area contributed by atoms with Crippen molar-refractivity contribution in [3.63, 3.8) is 0 Å². The number of rotatable bonds is 7. The third-order valence-electron chi connectivity index (χ3n) is 4.68. The minimum atomic E-state index is -0.405. The summed E-state index contributed by atoms with van der Waals surface area (Å²) in [6.07, 6.45) is 0.803. The normalized spacial score (nSPS) is 10.7. The molecule has 0 bridgehead atoms. The van der Waals surface area contributed by atoms with Gasteiger partial charge >= 0.3 is 5.97 Å². The standard InChI is InChI=1S/C24H22N2O4/c1-16-3-8-19(9-4-16)29-20-10-5-17(6-11-20)13-14-25-24-26-21-12-7-18(23(27)28-2)15-22(21)30-24/h3-12,15H,13-14H2,1-2H3,(H,25,26). The molecule has 0 saturated heterocycles. The first-order chi connectivity index (χ1) is 14.6. The average Bonchev–Trinajstić information content (AvgIpc) is 3.18. The zero-order valence-electron chi connectivity index (χ0n) is 16.8. The maximum Gasteiger partial charge on any atom is 0.337 e. The van der Waals surface area contributed by atoms with Crippen molar-refractivity contribution in [1.29, 1.82) is 0 Å². The monoisotopic (exact) mass is 402 g/mol. The first kappa shape index (κ1) is 19.5. The zero-order chi connectivity index (χ0) is 20.9. The Morgan fingerprint density at radius 1 is 1.00 bits per heavy atom. The van der Waals surface area contributed by atoms with Crippen molar-refractivity contribution in [1.82, 2.24) is 4.98 Å². The number of carbonyl (C=O) groups excluding carboxylic acids is 1. The van der Waals surface area contributed by atoms with Crippen molar-refractivity contribution in [2.45, 2.75) is 13.3 Å². The molecule has 1 N–H and O–H groups in total. The largest absolute Gasteiger partial charge is 0.465 e. The number of oxazole rings is 1. The van der Waals surface area contributed by atoms with Crippen LogP contribution in [-0.2, 0) is 11.2 Å². The lowest BCUT2D eigenvalue weighted by atomic mass is 10.1. The van der Waals surface area contributed by atoms with E-state index in [4.69, 9.17) is 13.9 Å². The van der Waals surface area contributed by atoms with Gasteiger partial charge in [-0.05, 0) is 61.4 Å². The van der Waals surface area contributed by atoms with E-state index in [1.807, 2.05) is 55.5 Å². The Labute approximate surface area is 174 Å². The first-order valence-electron chi connectivity index (χ1n) is 9.67. The number of carbonyl (C=O) groups is 1. The SMILES string of the molecule is COC(=O)c1ccc2nc(NCCc3ccc(Oc4ccc(C)cc4)cc3)oc2c1. The highest BCUT2D eigenvalue weighted by Crippen LogP contribution is 2.23. The molecule has 0 unspecified atom stereocenters. The van der Waals surface area contributed by atoms with Crippen molar-refractivity contribution in [3.8, 4) is 11.5 Å². The van der Waals surface area contributed by atoms with Crippen LogP contribution in [0, 0.1) is 6.92 Å². The third-order valence-corrected chi connectivity index (χ3v) is 4.68. The van der Waals surface area contributed by atoms with Gasteiger partial charge < -0.3 is 19.2 Å². The molecule has 1 aromatic heterocycles. The fourth-order valence-electron chi connectivity index (χ4n) is 3.03. The number of nitrogens with zero attached hydrogens (tertiary/aromatic N) is 1. The lowest BCUT2D eigenvalue weighted by Gasteiger charge is -2.07. The summed E-state index contributed by atoms with van der Waals surface area (Å²) in [6, 6.07) is 21.4. The molecule has 0 amide bonds. The molecule has 0 aliphatic heterocycles. The third kappa shape index (κ3) is 4.60. The molecule has 0 radical (unpaired) electrons. The Morgan fingerprint density at radius 2 is 1.70 bits per heavy atom. The van der Waals surface area contributed by atoms with Gasteiger partial charge in [0.15, 0.2) is 5.58 Å². The van der Waals surface area contributed by atoms with E-state index >= 15 is 0 Å². The second-order valence-corrected chi connectivity index (χ2v) is 6.93. The van der Waals surface area contributed by atoms with Crippen molar-refractivity contribution in [2.75, 3.05) is 19.0 Å². The molecule has 0 atom stereocenters. The first-order valence-corrected chi connectivity index (χ1v) is 9.67. The molecular formula is C24H22N2O4. The summed E-state index contributed by atoms with van der Waals surface area (Å²) in [5.41, 5.74) is 4.03. The second kappa shape index (κ2) is 8.69. The highest BCUT2D eigenvalue weighted by atomic mass is 16.5. The minimum absolute atomic E-state index is 0.405. The Bertz CT molecular complexity index is 1150. The molecule has 0 aliphatic rings. The molecule has 0 aliphatic carbocycles. The van der Waals surface area contributed by atoms with Crippen LogP contribution < -0.4 is 10.1 Å². The van der Waals surface area contributed by atoms with E-state index in [-0.39, 0.29) is 0 Å². The topological polar surface area (TPSA) is 73.6 Å². The van der Waals surface area contributed by atoms with Crippen LogP contribution in [-0.4, -0.2) is 24.6 Å². The van der Waals surface area contributed by atoms with Gasteiger partial charge in [-0.3, -0.25) is 0 Å². The van der Waals surface area contributed by atoms with Crippen LogP contribution in [0.4, 0.5) is 6.01 Å². The summed E-state index contributed by atoms with van der Waals surface area (Å²) in [5.74, 6) is 1.22. The van der Waals surface area contributed by atoms with Gasteiger partial charge in [0, 0.05) is 6.54 Å². The van der Waals surface area contributed by atoms with E-state index in [0.717, 1.165) is 17.9 Å². The van der Waals surface area contributed by atoms with Crippen LogP contribution in [0.3, 0.4) is 0 Å². The number of hydrogen-bond donors (Lipinski definition) is 1. The molecule has 1 heterocycles. The van der Waals surface area contributed by atoms with Crippen LogP contribution >= 0.6 is 0 Å². The van der Waals surface area contributed by atoms with Crippen molar-refractivity contribution in [2.24, 2.45) is 0 Å². The predicted octanol–water partition coefficient (Wildman–Crippen LogP) is 5.37. The highest BCUT2D eigenvalue weighted by Gasteiger charge is 2.10. The van der Waals surface area contributed by atoms with Gasteiger partial charge in [0.2, 0.25) is 0 Å². The Morgan fingerprint density at radius 3 is 2.40 bits per heavy atom. The second-order valence-electron chi connectivity index (χ2n) is 6.93. The summed E-state index contributed by atoms with van der Waals surface area (Å²) in [4.78, 5) is 16.0. The number of aryl methyl sites for hydroxylation is 1. The van der Waals surface area contributed by atoms with Crippen LogP contribution in [0.5, 0.6) is 11.5 Å². The van der Waals surface area contributed by atoms with E-state index in [0.29, 0.717) is 29.2 Å². The number of anilines is 1. The van der Waals surface area contributed by atoms with Crippen molar-refractivity contribution < 1.29 is 18.7 Å². The van der Waals surface area contributed by atoms with Gasteiger partial charge in [0.25, 0.3) is 6.01 Å². The number of fused-ring (bicyclic) bond motifs is 1. The quantitative estimate of drug-likeness (QED) is 0.419. The Balaban J connectivity index is 1.32. The summed E-state index contributed by atoms with van der Waals surface area (Å²) < 4.78 is 16.3. The van der Waals surface area contributed by atoms with E-state index in [1.165, 1.54) is 18.2 Å². The zero-order valence-corrected chi connectivity index (χ0v) is 16.8. The molecule has 3 aromatic carbocycles. The van der Waals surface area contributed by atoms with Crippen molar-refractivity contribution >= 4 is 23.1 Å². The molecule has 0 saturated carbocycles. The van der Waals surface area contributed by atoms with Gasteiger partial charge in [0.05, 0.1) is 12.7 Å². The predicted molar refractivity (Wildman–Crippen MR) is 115 cm³/mol. The van der Waals surface area contributed by atoms with Crippen LogP contribution in [0.1, 0.15) is 21.5 Å². The summed E-state index contributed by atoms with van der Waals surface area (Å²) >= 11 is 0. The Hall–Kier alpha value is -3.80. The number of nitrogens with one attached hydrogen (secondary N) is 1. The smallest absolute Gasteiger partial charge is 0.337 e. The highest BCUT2D eigenvalue weighted by molar-refractivity contribution is 5.93. The Kier molecular flexibility index (Phi) is 5.66. The average molecular weight is 402 g/mol. The molecule has 0 spiro atoms. The van der Waals surface area contributed by atoms with Crippen molar-refractivity contribution in [3.05, 3.63) is 83.4 Å². The van der Waals surface area contributed by atoms with Crippen LogP contribution in [0.25, 0.3) is 11.1 Å². The lowest BCUT2D eigenvalue weighted by molar-refractivity contribution is 0.0601. The summed E-state index contributed by atoms with van der Waals surface area (Å²) in [6.45, 7) is 2.71. The van der Waals surface area contributed by atoms with Gasteiger partial charge in [-0.15, -0.1) is 0 Å². The van der Waals surface area contributed by atoms with E-state index in [9.17, 15) is 4.79 Å². The van der Waals surface area contributed by atoms with E-state index < -0.39 is 5.97 Å². The van der Waals surface area contributed by atoms with E-state index in [1.54, 1.807) is 18.2 Å². The molecule has 30 heavy (non-hydrogen) atoms. The number of esters is 1. The van der Waals surface area contributed by atoms with Crippen LogP contribution in [0.2, 0.25) is 0 Å². The lowest BCUT2D eigenvalue weighted by Crippen LogP contribution is -2.04. The molecule has 6 heteroatoms. The van der Waals surface area contributed by atoms with Gasteiger partial charge in [-0.2, -0.15) is 4.98 Å². The molecular weight excluding hydrogens is 380 g/mol.